The lowest BCUT2D eigenvalue weighted by atomic mass is 10.2. The molecule has 5 nitrogen and oxygen atoms in total. The first-order valence-electron chi connectivity index (χ1n) is 6.30. The molecule has 6 heteroatoms. The lowest BCUT2D eigenvalue weighted by molar-refractivity contribution is 0.419. The molecule has 2 aromatic heterocycles. The van der Waals surface area contributed by atoms with Gasteiger partial charge < -0.3 is 9.52 Å². The smallest absolute Gasteiger partial charge is 0.226 e. The Labute approximate surface area is 124 Å². The van der Waals surface area contributed by atoms with E-state index in [1.54, 1.807) is 0 Å². The van der Waals surface area contributed by atoms with E-state index in [1.165, 1.54) is 17.8 Å². The summed E-state index contributed by atoms with van der Waals surface area (Å²) in [5.41, 5.74) is 0.445. The zero-order chi connectivity index (χ0) is 14.8. The number of hydrogen-bond donors (Lipinski definition) is 1. The van der Waals surface area contributed by atoms with Gasteiger partial charge in [-0.15, -0.1) is 0 Å². The second kappa shape index (κ2) is 5.57. The van der Waals surface area contributed by atoms with Gasteiger partial charge in [-0.05, 0) is 13.0 Å². The number of nitrogens with zero attached hydrogens (tertiary/aromatic N) is 2. The summed E-state index contributed by atoms with van der Waals surface area (Å²) in [7, 11) is 0. The van der Waals surface area contributed by atoms with Crippen molar-refractivity contribution in [3.05, 3.63) is 58.4 Å². The van der Waals surface area contributed by atoms with Crippen molar-refractivity contribution < 1.29 is 9.52 Å². The first kappa shape index (κ1) is 13.6. The number of aromatic hydroxyl groups is 1. The van der Waals surface area contributed by atoms with E-state index in [0.717, 1.165) is 22.2 Å². The van der Waals surface area contributed by atoms with E-state index in [9.17, 15) is 9.90 Å². The van der Waals surface area contributed by atoms with Gasteiger partial charge in [0.25, 0.3) is 0 Å². The quantitative estimate of drug-likeness (QED) is 0.592. The summed E-state index contributed by atoms with van der Waals surface area (Å²) in [6, 6.07) is 9.06. The van der Waals surface area contributed by atoms with E-state index in [0.29, 0.717) is 17.3 Å². The van der Waals surface area contributed by atoms with Crippen LogP contribution in [0.4, 0.5) is 0 Å². The largest absolute Gasteiger partial charge is 0.502 e. The topological polar surface area (TPSA) is 76.2 Å². The average Bonchev–Trinajstić information content (AvgIpc) is 2.48. The lowest BCUT2D eigenvalue weighted by Gasteiger charge is -2.06. The van der Waals surface area contributed by atoms with Gasteiger partial charge in [0.05, 0.1) is 11.3 Å². The molecule has 2 heterocycles. The molecule has 0 bridgehead atoms. The van der Waals surface area contributed by atoms with Crippen molar-refractivity contribution in [2.24, 2.45) is 0 Å². The molecule has 0 radical (unpaired) electrons. The third-order valence-corrected chi connectivity index (χ3v) is 3.91. The predicted molar refractivity (Wildman–Crippen MR) is 80.5 cm³/mol. The van der Waals surface area contributed by atoms with Crippen molar-refractivity contribution in [3.63, 3.8) is 0 Å². The summed E-state index contributed by atoms with van der Waals surface area (Å²) in [6.07, 6.45) is 1.06. The van der Waals surface area contributed by atoms with Crippen molar-refractivity contribution in [2.45, 2.75) is 17.7 Å². The van der Waals surface area contributed by atoms with Gasteiger partial charge in [0, 0.05) is 11.5 Å². The molecule has 1 aromatic carbocycles. The van der Waals surface area contributed by atoms with Crippen LogP contribution in [-0.4, -0.2) is 15.1 Å². The fraction of sp³-hybridized carbons (Fsp3) is 0.133. The Hall–Kier alpha value is -2.34. The minimum atomic E-state index is -0.444. The number of hydrogen-bond acceptors (Lipinski definition) is 6. The molecule has 1 N–H and O–H groups in total. The Bertz CT molecular complexity index is 861. The van der Waals surface area contributed by atoms with Crippen molar-refractivity contribution in [1.29, 1.82) is 0 Å². The van der Waals surface area contributed by atoms with Gasteiger partial charge in [-0.1, -0.05) is 30.0 Å². The van der Waals surface area contributed by atoms with Crippen LogP contribution in [0.5, 0.6) is 5.75 Å². The monoisotopic (exact) mass is 300 g/mol. The Morgan fingerprint density at radius 3 is 2.90 bits per heavy atom. The van der Waals surface area contributed by atoms with Crippen LogP contribution in [0.25, 0.3) is 10.9 Å². The molecule has 0 aliphatic heterocycles. The SMILES string of the molecule is Cc1nc(SCc2cc(=O)c(O)co2)c2ccccc2n1. The van der Waals surface area contributed by atoms with E-state index < -0.39 is 5.43 Å². The standard InChI is InChI=1S/C15H12N2O3S/c1-9-16-12-5-3-2-4-11(12)15(17-9)21-8-10-6-13(18)14(19)7-20-10/h2-7,19H,8H2,1H3. The van der Waals surface area contributed by atoms with Gasteiger partial charge in [-0.25, -0.2) is 9.97 Å². The molecule has 0 aliphatic rings. The van der Waals surface area contributed by atoms with Crippen LogP contribution in [0.2, 0.25) is 0 Å². The molecule has 0 atom stereocenters. The molecular formula is C15H12N2O3S. The fourth-order valence-electron chi connectivity index (χ4n) is 1.93. The van der Waals surface area contributed by atoms with E-state index >= 15 is 0 Å². The molecule has 0 saturated carbocycles. The Morgan fingerprint density at radius 2 is 2.10 bits per heavy atom. The molecule has 0 unspecified atom stereocenters. The Balaban J connectivity index is 1.91. The highest BCUT2D eigenvalue weighted by Gasteiger charge is 2.08. The van der Waals surface area contributed by atoms with Crippen LogP contribution in [-0.2, 0) is 5.75 Å². The van der Waals surface area contributed by atoms with Crippen LogP contribution >= 0.6 is 11.8 Å². The van der Waals surface area contributed by atoms with E-state index in [-0.39, 0.29) is 5.75 Å². The number of rotatable bonds is 3. The normalized spacial score (nSPS) is 10.9. The van der Waals surface area contributed by atoms with Gasteiger partial charge in [0.1, 0.15) is 22.9 Å². The maximum atomic E-state index is 11.4. The van der Waals surface area contributed by atoms with Gasteiger partial charge in [0.15, 0.2) is 5.75 Å². The van der Waals surface area contributed by atoms with Gasteiger partial charge in [0.2, 0.25) is 5.43 Å². The molecular weight excluding hydrogens is 288 g/mol. The third-order valence-electron chi connectivity index (χ3n) is 2.90. The minimum Gasteiger partial charge on any atom is -0.502 e. The molecule has 0 spiro atoms. The molecule has 106 valence electrons. The maximum absolute atomic E-state index is 11.4. The first-order chi connectivity index (χ1) is 10.1. The van der Waals surface area contributed by atoms with E-state index in [2.05, 4.69) is 9.97 Å². The maximum Gasteiger partial charge on any atom is 0.226 e. The summed E-state index contributed by atoms with van der Waals surface area (Å²) in [6.45, 7) is 1.84. The van der Waals surface area contributed by atoms with E-state index in [1.807, 2.05) is 31.2 Å². The second-order valence-electron chi connectivity index (χ2n) is 4.48. The highest BCUT2D eigenvalue weighted by atomic mass is 32.2. The summed E-state index contributed by atoms with van der Waals surface area (Å²) in [5, 5.41) is 11.0. The second-order valence-corrected chi connectivity index (χ2v) is 5.44. The van der Waals surface area contributed by atoms with Crippen LogP contribution in [0.1, 0.15) is 11.6 Å². The number of fused-ring (bicyclic) bond motifs is 1. The van der Waals surface area contributed by atoms with Crippen molar-refractivity contribution >= 4 is 22.7 Å². The molecule has 3 aromatic rings. The summed E-state index contributed by atoms with van der Waals surface area (Å²) >= 11 is 1.47. The summed E-state index contributed by atoms with van der Waals surface area (Å²) in [5.74, 6) is 1.26. The predicted octanol–water partition coefficient (Wildman–Crippen LogP) is 2.89. The number of aromatic nitrogens is 2. The highest BCUT2D eigenvalue weighted by Crippen LogP contribution is 2.27. The van der Waals surface area contributed by atoms with Crippen LogP contribution in [0.15, 0.2) is 50.8 Å². The zero-order valence-corrected chi connectivity index (χ0v) is 12.1. The van der Waals surface area contributed by atoms with Crippen LogP contribution in [0, 0.1) is 6.92 Å². The van der Waals surface area contributed by atoms with Gasteiger partial charge >= 0.3 is 0 Å². The van der Waals surface area contributed by atoms with Crippen molar-refractivity contribution in [3.8, 4) is 5.75 Å². The Morgan fingerprint density at radius 1 is 1.29 bits per heavy atom. The Kier molecular flexibility index (Phi) is 3.62. The molecule has 0 aliphatic carbocycles. The fourth-order valence-corrected chi connectivity index (χ4v) is 2.88. The highest BCUT2D eigenvalue weighted by molar-refractivity contribution is 7.98. The molecule has 0 fully saturated rings. The minimum absolute atomic E-state index is 0.382. The van der Waals surface area contributed by atoms with E-state index in [4.69, 9.17) is 4.42 Å². The van der Waals surface area contributed by atoms with Crippen molar-refractivity contribution in [1.82, 2.24) is 9.97 Å². The molecule has 3 rings (SSSR count). The van der Waals surface area contributed by atoms with Gasteiger partial charge in [-0.3, -0.25) is 4.79 Å². The lowest BCUT2D eigenvalue weighted by Crippen LogP contribution is -1.99. The molecule has 0 amide bonds. The molecule has 21 heavy (non-hydrogen) atoms. The zero-order valence-electron chi connectivity index (χ0n) is 11.2. The van der Waals surface area contributed by atoms with Gasteiger partial charge in [-0.2, -0.15) is 0 Å². The number of aryl methyl sites for hydroxylation is 1. The molecule has 0 saturated heterocycles. The summed E-state index contributed by atoms with van der Waals surface area (Å²) < 4.78 is 5.19. The first-order valence-corrected chi connectivity index (χ1v) is 7.29. The average molecular weight is 300 g/mol. The van der Waals surface area contributed by atoms with Crippen molar-refractivity contribution in [2.75, 3.05) is 0 Å². The summed E-state index contributed by atoms with van der Waals surface area (Å²) in [4.78, 5) is 20.2. The number of thioether (sulfide) groups is 1. The van der Waals surface area contributed by atoms with Crippen LogP contribution < -0.4 is 5.43 Å². The van der Waals surface area contributed by atoms with Crippen LogP contribution in [0.3, 0.4) is 0 Å². The number of benzene rings is 1. The number of para-hydroxylation sites is 1. The third kappa shape index (κ3) is 2.90.